The number of benzene rings is 6. The van der Waals surface area contributed by atoms with Crippen LogP contribution in [-0.4, -0.2) is 91.5 Å². The van der Waals surface area contributed by atoms with Gasteiger partial charge in [-0.3, -0.25) is 28.8 Å². The third-order valence-corrected chi connectivity index (χ3v) is 11.0. The molecule has 0 aromatic heterocycles. The van der Waals surface area contributed by atoms with Crippen molar-refractivity contribution in [1.29, 1.82) is 0 Å². The van der Waals surface area contributed by atoms with Gasteiger partial charge in [0, 0.05) is 33.8 Å². The number of carbonyl (C=O) groups excluding carboxylic acids is 9. The molecule has 0 unspecified atom stereocenters. The van der Waals surface area contributed by atoms with Gasteiger partial charge in [-0.05, 0) is 71.3 Å². The zero-order valence-electron chi connectivity index (χ0n) is 40.0. The topological polar surface area (TPSA) is 290 Å². The van der Waals surface area contributed by atoms with Gasteiger partial charge >= 0.3 is 18.3 Å². The number of alkyl carbamates (subject to hydrolysis) is 3. The van der Waals surface area contributed by atoms with Crippen molar-refractivity contribution in [1.82, 2.24) is 31.9 Å². The van der Waals surface area contributed by atoms with Crippen LogP contribution in [0.3, 0.4) is 0 Å². The predicted molar refractivity (Wildman–Crippen MR) is 273 cm³/mol. The van der Waals surface area contributed by atoms with Gasteiger partial charge in [0.15, 0.2) is 0 Å². The summed E-state index contributed by atoms with van der Waals surface area (Å²) in [5, 5.41) is 23.2. The van der Waals surface area contributed by atoms with Crippen LogP contribution in [0.5, 0.6) is 0 Å². The van der Waals surface area contributed by atoms with Gasteiger partial charge in [0.05, 0.1) is 19.6 Å². The fraction of sp³-hybridized carbons (Fsp3) is 0.167. The molecule has 3 atom stereocenters. The molecule has 0 aliphatic carbocycles. The molecule has 384 valence electrons. The highest BCUT2D eigenvalue weighted by Crippen LogP contribution is 2.16. The molecule has 1 heterocycles. The highest BCUT2D eigenvalue weighted by atomic mass is 16.6. The lowest BCUT2D eigenvalue weighted by atomic mass is 10.1. The van der Waals surface area contributed by atoms with Gasteiger partial charge in [0.25, 0.3) is 17.7 Å². The molecule has 6 bridgehead atoms. The number of rotatable bonds is 12. The molecule has 21 nitrogen and oxygen atoms in total. The van der Waals surface area contributed by atoms with E-state index in [2.05, 4.69) is 47.9 Å². The fourth-order valence-electron chi connectivity index (χ4n) is 7.13. The number of fused-ring (bicyclic) bond motifs is 6. The fourth-order valence-corrected chi connectivity index (χ4v) is 7.13. The van der Waals surface area contributed by atoms with E-state index < -0.39 is 91.5 Å². The third kappa shape index (κ3) is 16.5. The molecule has 0 spiro atoms. The Bertz CT molecular complexity index is 2700. The highest BCUT2D eigenvalue weighted by molar-refractivity contribution is 6.06. The van der Waals surface area contributed by atoms with Gasteiger partial charge in [-0.2, -0.15) is 0 Å². The average Bonchev–Trinajstić information content (AvgIpc) is 3.43. The zero-order chi connectivity index (χ0) is 52.9. The lowest BCUT2D eigenvalue weighted by Gasteiger charge is -2.21. The molecule has 0 saturated carbocycles. The summed E-state index contributed by atoms with van der Waals surface area (Å²) in [6.07, 6.45) is -2.71. The first-order chi connectivity index (χ1) is 36.3. The van der Waals surface area contributed by atoms with Gasteiger partial charge in [0.2, 0.25) is 17.7 Å². The Hall–Kier alpha value is -10.1. The third-order valence-electron chi connectivity index (χ3n) is 11.0. The van der Waals surface area contributed by atoms with Crippen LogP contribution < -0.4 is 47.9 Å². The van der Waals surface area contributed by atoms with Gasteiger partial charge < -0.3 is 62.1 Å². The molecule has 75 heavy (non-hydrogen) atoms. The van der Waals surface area contributed by atoms with Crippen LogP contribution in [0.2, 0.25) is 0 Å². The lowest BCUT2D eigenvalue weighted by Crippen LogP contribution is -2.51. The van der Waals surface area contributed by atoms with Gasteiger partial charge in [-0.1, -0.05) is 109 Å². The van der Waals surface area contributed by atoms with Crippen molar-refractivity contribution in [3.8, 4) is 0 Å². The van der Waals surface area contributed by atoms with Crippen molar-refractivity contribution in [2.45, 2.75) is 37.9 Å². The second-order valence-corrected chi connectivity index (χ2v) is 16.6. The van der Waals surface area contributed by atoms with Crippen molar-refractivity contribution in [3.63, 3.8) is 0 Å². The summed E-state index contributed by atoms with van der Waals surface area (Å²) in [5.74, 6) is -4.97. The number of amides is 9. The van der Waals surface area contributed by atoms with Gasteiger partial charge in [-0.25, -0.2) is 14.4 Å². The van der Waals surface area contributed by atoms with Crippen molar-refractivity contribution >= 4 is 70.8 Å². The van der Waals surface area contributed by atoms with Crippen molar-refractivity contribution < 1.29 is 57.4 Å². The summed E-state index contributed by atoms with van der Waals surface area (Å²) in [7, 11) is 0. The first kappa shape index (κ1) is 52.8. The van der Waals surface area contributed by atoms with E-state index in [-0.39, 0.29) is 53.6 Å². The molecule has 0 saturated heterocycles. The first-order valence-corrected chi connectivity index (χ1v) is 23.3. The molecular weight excluding hydrogens is 967 g/mol. The number of hydrogen-bond donors (Lipinski definition) is 9. The summed E-state index contributed by atoms with van der Waals surface area (Å²) in [4.78, 5) is 122. The zero-order valence-corrected chi connectivity index (χ0v) is 40.0. The Labute approximate surface area is 429 Å². The minimum atomic E-state index is -1.48. The molecule has 9 N–H and O–H groups in total. The second-order valence-electron chi connectivity index (χ2n) is 16.6. The largest absolute Gasteiger partial charge is 0.445 e. The Morgan fingerprint density at radius 2 is 0.627 bits per heavy atom. The van der Waals surface area contributed by atoms with E-state index in [1.165, 1.54) is 72.8 Å². The molecule has 0 radical (unpaired) electrons. The summed E-state index contributed by atoms with van der Waals surface area (Å²) < 4.78 is 15.9. The predicted octanol–water partition coefficient (Wildman–Crippen LogP) is 4.99. The maximum Gasteiger partial charge on any atom is 0.407 e. The lowest BCUT2D eigenvalue weighted by molar-refractivity contribution is -0.118. The van der Waals surface area contributed by atoms with E-state index in [0.717, 1.165) is 0 Å². The number of hydrogen-bond acceptors (Lipinski definition) is 12. The van der Waals surface area contributed by atoms with Crippen LogP contribution in [0, 0.1) is 0 Å². The second kappa shape index (κ2) is 26.4. The average molecular weight is 1020 g/mol. The maximum atomic E-state index is 14.0. The van der Waals surface area contributed by atoms with Crippen molar-refractivity contribution in [3.05, 3.63) is 197 Å². The summed E-state index contributed by atoms with van der Waals surface area (Å²) in [5.41, 5.74) is 2.18. The molecule has 6 aromatic carbocycles. The van der Waals surface area contributed by atoms with E-state index in [1.807, 2.05) is 0 Å². The molecule has 9 amide bonds. The van der Waals surface area contributed by atoms with E-state index in [0.29, 0.717) is 16.7 Å². The Kier molecular flexibility index (Phi) is 18.6. The summed E-state index contributed by atoms with van der Waals surface area (Å²) in [6, 6.07) is 38.9. The van der Waals surface area contributed by atoms with E-state index in [4.69, 9.17) is 14.2 Å². The minimum absolute atomic E-state index is 0.0408. The number of ether oxygens (including phenoxy) is 3. The normalized spacial score (nSPS) is 16.1. The molecule has 0 fully saturated rings. The quantitative estimate of drug-likeness (QED) is 0.0733. The maximum absolute atomic E-state index is 14.0. The Morgan fingerprint density at radius 3 is 0.893 bits per heavy atom. The van der Waals surface area contributed by atoms with E-state index >= 15 is 0 Å². The van der Waals surface area contributed by atoms with Crippen LogP contribution >= 0.6 is 0 Å². The van der Waals surface area contributed by atoms with Crippen LogP contribution in [0.1, 0.15) is 47.8 Å². The standard InChI is InChI=1S/C54H51N9O12/c64-46-37-19-10-23-41(25-37)59-50(68)44(29-56-53(71)74-32-35-15-6-2-7-16-35)63-48(66)39-21-12-24-42(27-39)60-51(69)45(30-57-54(72)75-33-36-17-8-3-9-18-36)62-47(65)38-20-11-22-40(26-38)58-49(67)43(61-46)28-55-52(70)73-31-34-13-4-1-5-14-34/h1-27,43-45H,28-33H2,(H,55,70)(H,56,71)(H,57,72)(H,58,67)(H,59,68)(H,60,69)(H,61,64)(H,62,65)(H,63,66)/t43-,44-,45-/m0/s1. The monoisotopic (exact) mass is 1020 g/mol. The molecule has 21 heteroatoms. The number of anilines is 3. The molecular formula is C54H51N9O12. The van der Waals surface area contributed by atoms with Gasteiger partial charge in [0.1, 0.15) is 37.9 Å². The van der Waals surface area contributed by atoms with Crippen molar-refractivity contribution in [2.75, 3.05) is 35.6 Å². The minimum Gasteiger partial charge on any atom is -0.445 e. The highest BCUT2D eigenvalue weighted by Gasteiger charge is 2.28. The SMILES string of the molecule is O=C(NC[C@@H]1NC(=O)c2cccc(c2)NC(=O)[C@H](CNC(=O)OCc2ccccc2)NC(=O)c2cccc(c2)NC(=O)[C@H](CNC(=O)OCc2ccccc2)NC(=O)c2cccc(c2)NC1=O)OCc1ccccc1. The smallest absolute Gasteiger partial charge is 0.407 e. The number of nitrogens with one attached hydrogen (secondary N) is 9. The van der Waals surface area contributed by atoms with Crippen LogP contribution in [0.25, 0.3) is 0 Å². The van der Waals surface area contributed by atoms with E-state index in [9.17, 15) is 43.2 Å². The summed E-state index contributed by atoms with van der Waals surface area (Å²) in [6.45, 7) is -1.72. The molecule has 1 aliphatic heterocycles. The van der Waals surface area contributed by atoms with Crippen LogP contribution in [-0.2, 0) is 48.4 Å². The van der Waals surface area contributed by atoms with E-state index in [1.54, 1.807) is 91.0 Å². The first-order valence-electron chi connectivity index (χ1n) is 23.3. The Morgan fingerprint density at radius 1 is 0.360 bits per heavy atom. The number of carbonyl (C=O) groups is 9. The molecule has 7 rings (SSSR count). The van der Waals surface area contributed by atoms with Crippen LogP contribution in [0.15, 0.2) is 164 Å². The van der Waals surface area contributed by atoms with Crippen LogP contribution in [0.4, 0.5) is 31.4 Å². The molecule has 6 aromatic rings. The van der Waals surface area contributed by atoms with Gasteiger partial charge in [-0.15, -0.1) is 0 Å². The summed E-state index contributed by atoms with van der Waals surface area (Å²) >= 11 is 0. The van der Waals surface area contributed by atoms with Crippen molar-refractivity contribution in [2.24, 2.45) is 0 Å². The Balaban J connectivity index is 1.16. The molecule has 1 aliphatic rings.